The molecule has 0 aromatic carbocycles. The number of rotatable bonds is 3. The number of amides is 2. The van der Waals surface area contributed by atoms with E-state index in [0.717, 1.165) is 13.0 Å². The first-order valence-electron chi connectivity index (χ1n) is 7.70. The molecule has 8 heteroatoms. The molecule has 128 valence electrons. The molecule has 2 heterocycles. The number of piperazine rings is 1. The summed E-state index contributed by atoms with van der Waals surface area (Å²) in [5.74, 6) is 0.313. The van der Waals surface area contributed by atoms with Crippen LogP contribution in [0, 0.1) is 5.92 Å². The number of carbonyl (C=O) groups is 1. The number of nitrogens with one attached hydrogen (secondary N) is 1. The maximum atomic E-state index is 12.5. The summed E-state index contributed by atoms with van der Waals surface area (Å²) in [6, 6.07) is -0.484. The lowest BCUT2D eigenvalue weighted by atomic mass is 10.0. The van der Waals surface area contributed by atoms with Gasteiger partial charge in [-0.3, -0.25) is 4.90 Å². The van der Waals surface area contributed by atoms with E-state index in [1.807, 2.05) is 6.92 Å². The first-order valence-corrected chi connectivity index (χ1v) is 7.70. The molecule has 2 amide bonds. The topological polar surface area (TPSA) is 44.8 Å². The first-order chi connectivity index (χ1) is 10.3. The van der Waals surface area contributed by atoms with Crippen LogP contribution in [-0.4, -0.2) is 73.5 Å². The fraction of sp³-hybridized carbons (Fsp3) is 0.929. The highest BCUT2D eigenvalue weighted by Crippen LogP contribution is 2.21. The molecule has 0 unspecified atom stereocenters. The highest BCUT2D eigenvalue weighted by Gasteiger charge is 2.36. The maximum Gasteiger partial charge on any atom is 0.401 e. The number of nitrogens with zero attached hydrogens (tertiary/aromatic N) is 2. The zero-order valence-corrected chi connectivity index (χ0v) is 13.0. The van der Waals surface area contributed by atoms with Gasteiger partial charge in [-0.2, -0.15) is 13.2 Å². The van der Waals surface area contributed by atoms with Crippen molar-refractivity contribution in [3.05, 3.63) is 0 Å². The van der Waals surface area contributed by atoms with Crippen LogP contribution in [0.4, 0.5) is 18.0 Å². The monoisotopic (exact) mass is 323 g/mol. The van der Waals surface area contributed by atoms with Crippen molar-refractivity contribution in [1.29, 1.82) is 0 Å². The van der Waals surface area contributed by atoms with Gasteiger partial charge in [-0.1, -0.05) is 0 Å². The molecule has 3 atom stereocenters. The van der Waals surface area contributed by atoms with Gasteiger partial charge in [-0.05, 0) is 20.3 Å². The van der Waals surface area contributed by atoms with E-state index in [1.54, 1.807) is 11.8 Å². The summed E-state index contributed by atoms with van der Waals surface area (Å²) in [6.07, 6.45) is -3.27. The van der Waals surface area contributed by atoms with Gasteiger partial charge in [0.25, 0.3) is 0 Å². The van der Waals surface area contributed by atoms with Crippen LogP contribution >= 0.6 is 0 Å². The van der Waals surface area contributed by atoms with E-state index in [1.165, 1.54) is 4.90 Å². The van der Waals surface area contributed by atoms with E-state index >= 15 is 0 Å². The molecule has 0 radical (unpaired) electrons. The third-order valence-electron chi connectivity index (χ3n) is 4.46. The Bertz CT molecular complexity index is 386. The molecule has 2 aliphatic heterocycles. The lowest BCUT2D eigenvalue weighted by Gasteiger charge is -2.40. The van der Waals surface area contributed by atoms with Crippen LogP contribution in [0.1, 0.15) is 20.3 Å². The minimum atomic E-state index is -4.20. The molecule has 2 rings (SSSR count). The van der Waals surface area contributed by atoms with E-state index < -0.39 is 12.7 Å². The normalized spacial score (nSPS) is 28.7. The van der Waals surface area contributed by atoms with Crippen molar-refractivity contribution in [3.8, 4) is 0 Å². The Morgan fingerprint density at radius 1 is 1.41 bits per heavy atom. The number of carbonyl (C=O) groups excluding carboxylic acids is 1. The molecular weight excluding hydrogens is 299 g/mol. The molecule has 0 bridgehead atoms. The van der Waals surface area contributed by atoms with Crippen molar-refractivity contribution in [3.63, 3.8) is 0 Å². The maximum absolute atomic E-state index is 12.5. The second-order valence-corrected chi connectivity index (χ2v) is 6.24. The van der Waals surface area contributed by atoms with Crippen molar-refractivity contribution in [1.82, 2.24) is 15.1 Å². The van der Waals surface area contributed by atoms with Crippen molar-refractivity contribution in [2.45, 2.75) is 38.5 Å². The van der Waals surface area contributed by atoms with E-state index in [0.29, 0.717) is 25.6 Å². The van der Waals surface area contributed by atoms with Gasteiger partial charge in [0.1, 0.15) is 0 Å². The van der Waals surface area contributed by atoms with E-state index in [-0.39, 0.29) is 24.7 Å². The Labute approximate surface area is 128 Å². The summed E-state index contributed by atoms with van der Waals surface area (Å²) in [5, 5.41) is 2.94. The molecule has 5 nitrogen and oxygen atoms in total. The third-order valence-corrected chi connectivity index (χ3v) is 4.46. The molecule has 0 aromatic heterocycles. The van der Waals surface area contributed by atoms with Crippen molar-refractivity contribution in [2.75, 3.05) is 39.4 Å². The van der Waals surface area contributed by atoms with Crippen molar-refractivity contribution < 1.29 is 22.7 Å². The summed E-state index contributed by atoms with van der Waals surface area (Å²) in [5.41, 5.74) is 0. The van der Waals surface area contributed by atoms with Gasteiger partial charge >= 0.3 is 12.2 Å². The summed E-state index contributed by atoms with van der Waals surface area (Å²) in [4.78, 5) is 15.2. The number of halogens is 3. The van der Waals surface area contributed by atoms with Gasteiger partial charge in [0.15, 0.2) is 0 Å². The summed E-state index contributed by atoms with van der Waals surface area (Å²) >= 11 is 0. The van der Waals surface area contributed by atoms with E-state index in [4.69, 9.17) is 4.74 Å². The second kappa shape index (κ2) is 7.04. The number of ether oxygens (including phenoxy) is 1. The van der Waals surface area contributed by atoms with Crippen LogP contribution in [0.3, 0.4) is 0 Å². The number of hydrogen-bond donors (Lipinski definition) is 1. The van der Waals surface area contributed by atoms with E-state index in [2.05, 4.69) is 5.32 Å². The van der Waals surface area contributed by atoms with Gasteiger partial charge in [-0.25, -0.2) is 4.79 Å². The average molecular weight is 323 g/mol. The Balaban J connectivity index is 1.80. The Kier molecular flexibility index (Phi) is 5.55. The fourth-order valence-electron chi connectivity index (χ4n) is 3.00. The second-order valence-electron chi connectivity index (χ2n) is 6.24. The molecule has 2 saturated heterocycles. The highest BCUT2D eigenvalue weighted by molar-refractivity contribution is 5.74. The number of alkyl halides is 3. The Morgan fingerprint density at radius 3 is 2.68 bits per heavy atom. The molecule has 0 spiro atoms. The van der Waals surface area contributed by atoms with Gasteiger partial charge in [0.2, 0.25) is 0 Å². The molecule has 1 N–H and O–H groups in total. The van der Waals surface area contributed by atoms with Gasteiger partial charge in [-0.15, -0.1) is 0 Å². The minimum absolute atomic E-state index is 0.0125. The molecule has 22 heavy (non-hydrogen) atoms. The molecule has 0 saturated carbocycles. The standard InChI is InChI=1S/C14H24F3N3O2/c1-10-7-19(4-5-20(10)9-14(15,16)17)13(21)18-11(2)12-3-6-22-8-12/h10-12H,3-9H2,1-2H3,(H,18,21)/t10-,11+,12+/m1/s1. The van der Waals surface area contributed by atoms with Crippen LogP contribution in [0.2, 0.25) is 0 Å². The van der Waals surface area contributed by atoms with Crippen LogP contribution in [0.15, 0.2) is 0 Å². The quantitative estimate of drug-likeness (QED) is 0.860. The fourth-order valence-corrected chi connectivity index (χ4v) is 3.00. The minimum Gasteiger partial charge on any atom is -0.381 e. The predicted molar refractivity (Wildman–Crippen MR) is 75.6 cm³/mol. The summed E-state index contributed by atoms with van der Waals surface area (Å²) < 4.78 is 42.7. The summed E-state index contributed by atoms with van der Waals surface area (Å²) in [7, 11) is 0. The van der Waals surface area contributed by atoms with Crippen LogP contribution < -0.4 is 5.32 Å². The van der Waals surface area contributed by atoms with Gasteiger partial charge in [0, 0.05) is 44.2 Å². The molecule has 0 aliphatic carbocycles. The molecule has 2 fully saturated rings. The smallest absolute Gasteiger partial charge is 0.381 e. The number of urea groups is 1. The summed E-state index contributed by atoms with van der Waals surface area (Å²) in [6.45, 7) is 5.00. The first kappa shape index (κ1) is 17.3. The van der Waals surface area contributed by atoms with Gasteiger partial charge < -0.3 is 15.0 Å². The van der Waals surface area contributed by atoms with Crippen LogP contribution in [0.25, 0.3) is 0 Å². The van der Waals surface area contributed by atoms with Gasteiger partial charge in [0.05, 0.1) is 13.2 Å². The highest BCUT2D eigenvalue weighted by atomic mass is 19.4. The lowest BCUT2D eigenvalue weighted by Crippen LogP contribution is -2.58. The number of hydrogen-bond acceptors (Lipinski definition) is 3. The van der Waals surface area contributed by atoms with Crippen molar-refractivity contribution in [2.24, 2.45) is 5.92 Å². The Hall–Kier alpha value is -1.02. The predicted octanol–water partition coefficient (Wildman–Crippen LogP) is 1.69. The van der Waals surface area contributed by atoms with E-state index in [9.17, 15) is 18.0 Å². The molecule has 2 aliphatic rings. The zero-order valence-electron chi connectivity index (χ0n) is 13.0. The lowest BCUT2D eigenvalue weighted by molar-refractivity contribution is -0.153. The van der Waals surface area contributed by atoms with Crippen LogP contribution in [-0.2, 0) is 4.74 Å². The van der Waals surface area contributed by atoms with Crippen LogP contribution in [0.5, 0.6) is 0 Å². The zero-order chi connectivity index (χ0) is 16.3. The average Bonchev–Trinajstić information content (AvgIpc) is 2.93. The molecular formula is C14H24F3N3O2. The molecule has 0 aromatic rings. The Morgan fingerprint density at radius 2 is 2.14 bits per heavy atom. The SMILES string of the molecule is C[C@H](NC(=O)N1CCN(CC(F)(F)F)[C@H](C)C1)[C@H]1CCOC1. The third kappa shape index (κ3) is 4.74. The van der Waals surface area contributed by atoms with Crippen molar-refractivity contribution >= 4 is 6.03 Å². The largest absolute Gasteiger partial charge is 0.401 e.